The number of carbonyl (C=O) groups is 2. The van der Waals surface area contributed by atoms with Gasteiger partial charge in [0.1, 0.15) is 0 Å². The molecule has 5 fully saturated rings. The molecule has 0 bridgehead atoms. The van der Waals surface area contributed by atoms with E-state index in [4.69, 9.17) is 16.3 Å². The van der Waals surface area contributed by atoms with Gasteiger partial charge in [-0.15, -0.1) is 0 Å². The molecule has 5 saturated carbocycles. The first-order chi connectivity index (χ1) is 22.7. The van der Waals surface area contributed by atoms with E-state index in [0.717, 1.165) is 63.4 Å². The number of aliphatic carboxylic acids is 2. The Balaban J connectivity index is 1.31. The van der Waals surface area contributed by atoms with E-state index in [2.05, 4.69) is 48.1 Å². The highest BCUT2D eigenvalue weighted by atomic mass is 35.5. The molecular weight excluding hydrogens is 636 g/mol. The Morgan fingerprint density at radius 1 is 0.959 bits per heavy atom. The molecule has 274 valence electrons. The monoisotopic (exact) mass is 698 g/mol. The second-order valence-corrected chi connectivity index (χ2v) is 19.9. The average molecular weight is 699 g/mol. The first-order valence-corrected chi connectivity index (χ1v) is 19.6. The van der Waals surface area contributed by atoms with Crippen LogP contribution in [0.2, 0.25) is 0 Å². The van der Waals surface area contributed by atoms with Crippen LogP contribution in [0.1, 0.15) is 132 Å². The maximum Gasteiger partial charge on any atom is 0.310 e. The zero-order valence-corrected chi connectivity index (χ0v) is 32.2. The molecule has 0 radical (unpaired) electrons. The lowest BCUT2D eigenvalue weighted by molar-refractivity contribution is -0.266. The molecule has 6 rings (SSSR count). The van der Waals surface area contributed by atoms with Gasteiger partial charge in [0.05, 0.1) is 17.4 Å². The molecule has 49 heavy (non-hydrogen) atoms. The Morgan fingerprint density at radius 3 is 2.29 bits per heavy atom. The predicted molar refractivity (Wildman–Crippen MR) is 194 cm³/mol. The lowest BCUT2D eigenvalue weighted by Gasteiger charge is -2.73. The summed E-state index contributed by atoms with van der Waals surface area (Å²) in [5.41, 5.74) is 1.37. The van der Waals surface area contributed by atoms with E-state index < -0.39 is 29.6 Å². The standard InChI is InChI=1S/C42H63ClO6/c1-24(2)26-14-19-42(29-22-25(43)10-11-27(29)35(45)46)21-20-40(8)28(34(26)42)12-13-31-39(7)17-16-32(49-33(44)23-37(3,4)36(47)48)38(5,6)30(39)15-18-41(31,40)9/h10,22,26-28,30-34,44H,1,11-21,23H2,2-9H3,(H,45,46)(H,47,48)/t26-,27?,28?,30?,31?,32?,33?,34?,39?,40+,41?,42?/m0/s1. The van der Waals surface area contributed by atoms with Crippen LogP contribution in [0.25, 0.3) is 0 Å². The number of hydrogen-bond donors (Lipinski definition) is 3. The number of fused-ring (bicyclic) bond motifs is 7. The average Bonchev–Trinajstić information content (AvgIpc) is 3.40. The van der Waals surface area contributed by atoms with Gasteiger partial charge in [-0.25, -0.2) is 0 Å². The third-order valence-corrected chi connectivity index (χ3v) is 16.9. The highest BCUT2D eigenvalue weighted by Gasteiger charge is 2.71. The Labute approximate surface area is 300 Å². The van der Waals surface area contributed by atoms with Crippen LogP contribution in [0.3, 0.4) is 0 Å². The Hall–Kier alpha value is -1.63. The normalized spacial score (nSPS) is 45.1. The third kappa shape index (κ3) is 5.45. The Bertz CT molecular complexity index is 1440. The molecule has 3 N–H and O–H groups in total. The summed E-state index contributed by atoms with van der Waals surface area (Å²) in [5, 5.41) is 31.7. The van der Waals surface area contributed by atoms with E-state index in [1.807, 2.05) is 12.2 Å². The van der Waals surface area contributed by atoms with Crippen LogP contribution in [-0.4, -0.2) is 39.7 Å². The molecule has 0 saturated heterocycles. The molecule has 10 unspecified atom stereocenters. The van der Waals surface area contributed by atoms with E-state index >= 15 is 0 Å². The van der Waals surface area contributed by atoms with Gasteiger partial charge in [0.25, 0.3) is 0 Å². The summed E-state index contributed by atoms with van der Waals surface area (Å²) >= 11 is 6.67. The molecule has 0 aliphatic heterocycles. The number of rotatable bonds is 8. The number of halogens is 1. The van der Waals surface area contributed by atoms with E-state index in [0.29, 0.717) is 41.0 Å². The summed E-state index contributed by atoms with van der Waals surface area (Å²) in [6.45, 7) is 22.5. The zero-order chi connectivity index (χ0) is 36.1. The molecule has 0 aromatic carbocycles. The number of allylic oxidation sites excluding steroid dienone is 4. The van der Waals surface area contributed by atoms with Crippen molar-refractivity contribution in [1.82, 2.24) is 0 Å². The maximum atomic E-state index is 12.7. The minimum absolute atomic E-state index is 0.0672. The lowest BCUT2D eigenvalue weighted by atomic mass is 9.32. The van der Waals surface area contributed by atoms with Crippen LogP contribution in [0.5, 0.6) is 0 Å². The summed E-state index contributed by atoms with van der Waals surface area (Å²) in [6.07, 6.45) is 14.0. The third-order valence-electron chi connectivity index (χ3n) is 16.7. The minimum atomic E-state index is -1.11. The van der Waals surface area contributed by atoms with Crippen molar-refractivity contribution < 1.29 is 29.6 Å². The molecule has 12 atom stereocenters. The van der Waals surface area contributed by atoms with Gasteiger partial charge in [0.2, 0.25) is 0 Å². The summed E-state index contributed by atoms with van der Waals surface area (Å²) < 4.78 is 6.36. The molecule has 0 aromatic rings. The predicted octanol–water partition coefficient (Wildman–Crippen LogP) is 10.0. The SMILES string of the molecule is C=C(C)[C@@H]1CCC2(C3=CC(Cl)=CCC3C(=O)O)CC[C@]3(C)C(CCC4C5(C)CCC(OC(O)CC(C)(C)C(=O)O)C(C)(C)C5CCC43C)C12. The molecule has 7 heteroatoms. The summed E-state index contributed by atoms with van der Waals surface area (Å²) in [5.74, 6) is 0.0964. The zero-order valence-electron chi connectivity index (χ0n) is 31.4. The number of carboxylic acid groups (broad SMARTS) is 2. The quantitative estimate of drug-likeness (QED) is 0.172. The second kappa shape index (κ2) is 12.2. The van der Waals surface area contributed by atoms with Crippen LogP contribution in [0.15, 0.2) is 34.9 Å². The van der Waals surface area contributed by atoms with Crippen LogP contribution in [0.4, 0.5) is 0 Å². The fourth-order valence-corrected chi connectivity index (χ4v) is 14.2. The van der Waals surface area contributed by atoms with Crippen molar-refractivity contribution in [3.05, 3.63) is 34.9 Å². The van der Waals surface area contributed by atoms with Crippen LogP contribution in [0, 0.1) is 68.0 Å². The van der Waals surface area contributed by atoms with Gasteiger partial charge in [0, 0.05) is 11.5 Å². The minimum Gasteiger partial charge on any atom is -0.481 e. The van der Waals surface area contributed by atoms with Gasteiger partial charge in [-0.2, -0.15) is 0 Å². The van der Waals surface area contributed by atoms with Crippen LogP contribution >= 0.6 is 11.6 Å². The molecular formula is C42H63ClO6. The summed E-state index contributed by atoms with van der Waals surface area (Å²) in [6, 6.07) is 0. The van der Waals surface area contributed by atoms with Gasteiger partial charge >= 0.3 is 11.9 Å². The van der Waals surface area contributed by atoms with Crippen LogP contribution in [-0.2, 0) is 14.3 Å². The topological polar surface area (TPSA) is 104 Å². The first-order valence-electron chi connectivity index (χ1n) is 19.2. The Morgan fingerprint density at radius 2 is 1.65 bits per heavy atom. The molecule has 0 spiro atoms. The fraction of sp³-hybridized carbons (Fsp3) is 0.810. The maximum absolute atomic E-state index is 12.7. The molecule has 6 aliphatic carbocycles. The van der Waals surface area contributed by atoms with E-state index in [1.165, 1.54) is 12.0 Å². The number of hydrogen-bond acceptors (Lipinski definition) is 4. The fourth-order valence-electron chi connectivity index (χ4n) is 14.0. The number of carboxylic acids is 2. The van der Waals surface area contributed by atoms with Gasteiger partial charge in [0.15, 0.2) is 6.29 Å². The highest BCUT2D eigenvalue weighted by molar-refractivity contribution is 6.31. The summed E-state index contributed by atoms with van der Waals surface area (Å²) in [4.78, 5) is 24.5. The van der Waals surface area contributed by atoms with Crippen molar-refractivity contribution in [1.29, 1.82) is 0 Å². The lowest BCUT2D eigenvalue weighted by Crippen LogP contribution is -2.67. The van der Waals surface area contributed by atoms with Crippen molar-refractivity contribution in [2.75, 3.05) is 0 Å². The Kier molecular flexibility index (Phi) is 9.26. The molecule has 0 amide bonds. The van der Waals surface area contributed by atoms with Crippen molar-refractivity contribution >= 4 is 23.5 Å². The largest absolute Gasteiger partial charge is 0.481 e. The van der Waals surface area contributed by atoms with Gasteiger partial charge in [-0.1, -0.05) is 64.4 Å². The van der Waals surface area contributed by atoms with Crippen LogP contribution < -0.4 is 0 Å². The molecule has 0 heterocycles. The summed E-state index contributed by atoms with van der Waals surface area (Å²) in [7, 11) is 0. The molecule has 6 nitrogen and oxygen atoms in total. The smallest absolute Gasteiger partial charge is 0.310 e. The van der Waals surface area contributed by atoms with E-state index in [-0.39, 0.29) is 39.6 Å². The van der Waals surface area contributed by atoms with Crippen molar-refractivity contribution in [2.45, 2.75) is 145 Å². The highest BCUT2D eigenvalue weighted by Crippen LogP contribution is 2.78. The van der Waals surface area contributed by atoms with E-state index in [1.54, 1.807) is 13.8 Å². The second-order valence-electron chi connectivity index (χ2n) is 19.5. The van der Waals surface area contributed by atoms with Gasteiger partial charge in [-0.3, -0.25) is 9.59 Å². The number of ether oxygens (including phenoxy) is 1. The number of aliphatic hydroxyl groups is 1. The van der Waals surface area contributed by atoms with Gasteiger partial charge in [-0.05, 0) is 160 Å². The van der Waals surface area contributed by atoms with E-state index in [9.17, 15) is 24.9 Å². The van der Waals surface area contributed by atoms with Gasteiger partial charge < -0.3 is 20.1 Å². The number of aliphatic hydroxyl groups excluding tert-OH is 1. The molecule has 0 aromatic heterocycles. The van der Waals surface area contributed by atoms with Crippen molar-refractivity contribution in [3.8, 4) is 0 Å². The first kappa shape index (κ1) is 37.1. The molecule has 6 aliphatic rings. The van der Waals surface area contributed by atoms with Crippen molar-refractivity contribution in [3.63, 3.8) is 0 Å². The van der Waals surface area contributed by atoms with Crippen molar-refractivity contribution in [2.24, 2.45) is 68.0 Å².